The molecular weight excluding hydrogens is 228 g/mol. The first-order valence-electron chi connectivity index (χ1n) is 4.33. The average Bonchev–Trinajstić information content (AvgIpc) is 2.83. The number of nitrogens with zero attached hydrogens (tertiary/aromatic N) is 4. The van der Waals surface area contributed by atoms with Crippen molar-refractivity contribution in [1.29, 1.82) is 0 Å². The summed E-state index contributed by atoms with van der Waals surface area (Å²) in [5, 5.41) is 11.6. The molecule has 0 bridgehead atoms. The van der Waals surface area contributed by atoms with Crippen molar-refractivity contribution < 1.29 is 0 Å². The summed E-state index contributed by atoms with van der Waals surface area (Å²) in [6.45, 7) is 2.10. The molecule has 0 atom stereocenters. The van der Waals surface area contributed by atoms with Gasteiger partial charge in [-0.25, -0.2) is 4.68 Å². The summed E-state index contributed by atoms with van der Waals surface area (Å²) in [6, 6.07) is 2.13. The first-order chi connectivity index (χ1) is 7.29. The van der Waals surface area contributed by atoms with Gasteiger partial charge in [-0.3, -0.25) is 0 Å². The van der Waals surface area contributed by atoms with Crippen LogP contribution in [0, 0.1) is 6.92 Å². The molecule has 15 heavy (non-hydrogen) atoms. The number of hydrogen-bond acceptors (Lipinski definition) is 5. The van der Waals surface area contributed by atoms with Crippen LogP contribution in [0.15, 0.2) is 28.0 Å². The van der Waals surface area contributed by atoms with Crippen LogP contribution < -0.4 is 0 Å². The zero-order valence-corrected chi connectivity index (χ0v) is 10.0. The number of aryl methyl sites for hydroxylation is 1. The fourth-order valence-electron chi connectivity index (χ4n) is 1.15. The molecular formula is C9H10N4S2. The smallest absolute Gasteiger partial charge is 0.141 e. The van der Waals surface area contributed by atoms with E-state index in [4.69, 9.17) is 0 Å². The molecule has 0 aliphatic rings. The maximum absolute atomic E-state index is 4.22. The molecule has 2 aromatic heterocycles. The molecule has 2 heterocycles. The molecule has 0 saturated heterocycles. The lowest BCUT2D eigenvalue weighted by Crippen LogP contribution is -1.86. The van der Waals surface area contributed by atoms with Gasteiger partial charge in [0.2, 0.25) is 0 Å². The lowest BCUT2D eigenvalue weighted by Gasteiger charge is -1.92. The van der Waals surface area contributed by atoms with E-state index in [9.17, 15) is 0 Å². The van der Waals surface area contributed by atoms with Gasteiger partial charge in [0.25, 0.3) is 0 Å². The number of aromatic nitrogens is 3. The predicted molar refractivity (Wildman–Crippen MR) is 63.9 cm³/mol. The van der Waals surface area contributed by atoms with E-state index < -0.39 is 0 Å². The molecule has 78 valence electrons. The van der Waals surface area contributed by atoms with Crippen LogP contribution in [0.4, 0.5) is 0 Å². The van der Waals surface area contributed by atoms with Crippen LogP contribution in [-0.4, -0.2) is 27.3 Å². The molecule has 0 aliphatic heterocycles. The number of rotatable bonds is 3. The molecule has 2 aromatic rings. The van der Waals surface area contributed by atoms with Gasteiger partial charge < -0.3 is 0 Å². The van der Waals surface area contributed by atoms with Gasteiger partial charge in [0.1, 0.15) is 12.7 Å². The monoisotopic (exact) mass is 238 g/mol. The van der Waals surface area contributed by atoms with Gasteiger partial charge in [-0.2, -0.15) is 5.10 Å². The van der Waals surface area contributed by atoms with Crippen LogP contribution in [-0.2, 0) is 0 Å². The maximum Gasteiger partial charge on any atom is 0.141 e. The Kier molecular flexibility index (Phi) is 3.17. The second kappa shape index (κ2) is 4.59. The van der Waals surface area contributed by atoms with Crippen molar-refractivity contribution >= 4 is 29.3 Å². The van der Waals surface area contributed by atoms with Crippen LogP contribution in [0.3, 0.4) is 0 Å². The largest absolute Gasteiger partial charge is 0.208 e. The zero-order valence-electron chi connectivity index (χ0n) is 8.41. The standard InChI is InChI=1S/C9H10N4S2/c1-7-3-8(9(14-2)15-7)4-12-13-5-10-11-6-13/h3-6H,1-2H3. The molecule has 0 unspecified atom stereocenters. The molecule has 0 spiro atoms. The molecule has 0 amide bonds. The quantitative estimate of drug-likeness (QED) is 0.608. The van der Waals surface area contributed by atoms with Crippen molar-refractivity contribution in [2.24, 2.45) is 5.10 Å². The van der Waals surface area contributed by atoms with Crippen LogP contribution >= 0.6 is 23.1 Å². The second-order valence-electron chi connectivity index (χ2n) is 2.89. The molecule has 0 N–H and O–H groups in total. The molecule has 4 nitrogen and oxygen atoms in total. The Morgan fingerprint density at radius 1 is 1.47 bits per heavy atom. The Balaban J connectivity index is 2.23. The molecule has 0 radical (unpaired) electrons. The van der Waals surface area contributed by atoms with Gasteiger partial charge in [0.15, 0.2) is 0 Å². The Hall–Kier alpha value is -1.14. The van der Waals surface area contributed by atoms with Crippen molar-refractivity contribution in [3.05, 3.63) is 29.2 Å². The Morgan fingerprint density at radius 2 is 2.20 bits per heavy atom. The first kappa shape index (κ1) is 10.4. The fraction of sp³-hybridized carbons (Fsp3) is 0.222. The van der Waals surface area contributed by atoms with Crippen LogP contribution in [0.5, 0.6) is 0 Å². The molecule has 0 saturated carbocycles. The Bertz CT molecular complexity index is 458. The summed E-state index contributed by atoms with van der Waals surface area (Å²) in [5.41, 5.74) is 1.15. The third kappa shape index (κ3) is 2.45. The van der Waals surface area contributed by atoms with Gasteiger partial charge in [-0.05, 0) is 19.2 Å². The van der Waals surface area contributed by atoms with E-state index in [2.05, 4.69) is 34.5 Å². The van der Waals surface area contributed by atoms with E-state index in [1.54, 1.807) is 40.4 Å². The van der Waals surface area contributed by atoms with Crippen LogP contribution in [0.1, 0.15) is 10.4 Å². The van der Waals surface area contributed by atoms with Crippen LogP contribution in [0.2, 0.25) is 0 Å². The van der Waals surface area contributed by atoms with Crippen molar-refractivity contribution in [3.8, 4) is 0 Å². The van der Waals surface area contributed by atoms with E-state index in [1.807, 2.05) is 6.21 Å². The number of thiophene rings is 1. The van der Waals surface area contributed by atoms with Crippen molar-refractivity contribution in [2.45, 2.75) is 11.1 Å². The van der Waals surface area contributed by atoms with E-state index in [-0.39, 0.29) is 0 Å². The normalized spacial score (nSPS) is 11.3. The molecule has 6 heteroatoms. The van der Waals surface area contributed by atoms with Gasteiger partial charge >= 0.3 is 0 Å². The van der Waals surface area contributed by atoms with Gasteiger partial charge in [-0.15, -0.1) is 33.3 Å². The Labute approximate surface area is 96.0 Å². The van der Waals surface area contributed by atoms with Crippen molar-refractivity contribution in [1.82, 2.24) is 14.9 Å². The van der Waals surface area contributed by atoms with Crippen molar-refractivity contribution in [2.75, 3.05) is 6.26 Å². The lowest BCUT2D eigenvalue weighted by molar-refractivity contribution is 0.878. The molecule has 0 aromatic carbocycles. The second-order valence-corrected chi connectivity index (χ2v) is 5.22. The molecule has 2 rings (SSSR count). The highest BCUT2D eigenvalue weighted by Crippen LogP contribution is 2.28. The first-order valence-corrected chi connectivity index (χ1v) is 6.37. The molecule has 0 fully saturated rings. The summed E-state index contributed by atoms with van der Waals surface area (Å²) in [4.78, 5) is 1.30. The number of thioether (sulfide) groups is 1. The van der Waals surface area contributed by atoms with E-state index in [1.165, 1.54) is 9.09 Å². The number of hydrogen-bond donors (Lipinski definition) is 0. The maximum atomic E-state index is 4.22. The minimum atomic E-state index is 1.15. The Morgan fingerprint density at radius 3 is 2.87 bits per heavy atom. The molecule has 0 aliphatic carbocycles. The fourth-order valence-corrected chi connectivity index (χ4v) is 2.93. The highest BCUT2D eigenvalue weighted by Gasteiger charge is 2.03. The van der Waals surface area contributed by atoms with E-state index >= 15 is 0 Å². The van der Waals surface area contributed by atoms with Gasteiger partial charge in [0, 0.05) is 10.4 Å². The minimum absolute atomic E-state index is 1.15. The summed E-state index contributed by atoms with van der Waals surface area (Å²) < 4.78 is 2.86. The highest BCUT2D eigenvalue weighted by molar-refractivity contribution is 8.00. The predicted octanol–water partition coefficient (Wildman–Crippen LogP) is 2.25. The van der Waals surface area contributed by atoms with Crippen molar-refractivity contribution in [3.63, 3.8) is 0 Å². The zero-order chi connectivity index (χ0) is 10.7. The topological polar surface area (TPSA) is 43.1 Å². The SMILES string of the molecule is CSc1sc(C)cc1C=Nn1cnnc1. The lowest BCUT2D eigenvalue weighted by atomic mass is 10.3. The highest BCUT2D eigenvalue weighted by atomic mass is 32.2. The summed E-state index contributed by atoms with van der Waals surface area (Å²) in [5.74, 6) is 0. The summed E-state index contributed by atoms with van der Waals surface area (Å²) in [6.07, 6.45) is 7.03. The van der Waals surface area contributed by atoms with Gasteiger partial charge in [0.05, 0.1) is 10.4 Å². The average molecular weight is 238 g/mol. The van der Waals surface area contributed by atoms with Crippen LogP contribution in [0.25, 0.3) is 0 Å². The third-order valence-electron chi connectivity index (χ3n) is 1.77. The summed E-state index contributed by atoms with van der Waals surface area (Å²) in [7, 11) is 0. The van der Waals surface area contributed by atoms with Gasteiger partial charge in [-0.1, -0.05) is 0 Å². The summed E-state index contributed by atoms with van der Waals surface area (Å²) >= 11 is 3.52. The van der Waals surface area contributed by atoms with E-state index in [0.29, 0.717) is 0 Å². The minimum Gasteiger partial charge on any atom is -0.208 e. The third-order valence-corrected chi connectivity index (χ3v) is 3.99. The van der Waals surface area contributed by atoms with E-state index in [0.717, 1.165) is 5.56 Å².